The van der Waals surface area contributed by atoms with E-state index in [2.05, 4.69) is 0 Å². The van der Waals surface area contributed by atoms with Crippen LogP contribution in [0.4, 0.5) is 18.0 Å². The van der Waals surface area contributed by atoms with Crippen LogP contribution in [0.3, 0.4) is 0 Å². The molecule has 2 rings (SSSR count). The molecule has 7 heteroatoms. The van der Waals surface area contributed by atoms with E-state index in [-0.39, 0.29) is 24.7 Å². The summed E-state index contributed by atoms with van der Waals surface area (Å²) in [4.78, 5) is 25.9. The van der Waals surface area contributed by atoms with Gasteiger partial charge in [-0.1, -0.05) is 12.1 Å². The Bertz CT molecular complexity index is 632. The van der Waals surface area contributed by atoms with Gasteiger partial charge >= 0.3 is 12.3 Å². The Morgan fingerprint density at radius 3 is 2.28 bits per heavy atom. The monoisotopic (exact) mass is 357 g/mol. The molecule has 0 spiro atoms. The number of likely N-dealkylation sites (tertiary alicyclic amines) is 1. The fourth-order valence-corrected chi connectivity index (χ4v) is 2.67. The lowest BCUT2D eigenvalue weighted by molar-refractivity contribution is -0.137. The number of Topliss-reactive ketones (excluding diaryl/α,β-unsaturated/α-hetero) is 1. The molecule has 1 aliphatic rings. The number of halogens is 3. The molecule has 1 fully saturated rings. The van der Waals surface area contributed by atoms with Crippen molar-refractivity contribution in [2.75, 3.05) is 13.1 Å². The molecule has 1 saturated heterocycles. The zero-order chi connectivity index (χ0) is 18.8. The van der Waals surface area contributed by atoms with Crippen LogP contribution in [0.5, 0.6) is 0 Å². The van der Waals surface area contributed by atoms with Crippen molar-refractivity contribution in [1.29, 1.82) is 0 Å². The van der Waals surface area contributed by atoms with Crippen molar-refractivity contribution >= 4 is 11.9 Å². The molecule has 4 nitrogen and oxygen atoms in total. The number of rotatable bonds is 3. The van der Waals surface area contributed by atoms with Gasteiger partial charge in [0.2, 0.25) is 0 Å². The Balaban J connectivity index is 1.91. The molecule has 1 unspecified atom stereocenters. The molecule has 138 valence electrons. The van der Waals surface area contributed by atoms with Gasteiger partial charge in [-0.3, -0.25) is 4.79 Å². The molecular weight excluding hydrogens is 335 g/mol. The van der Waals surface area contributed by atoms with Crippen LogP contribution in [0.1, 0.15) is 38.3 Å². The van der Waals surface area contributed by atoms with Crippen molar-refractivity contribution in [3.63, 3.8) is 0 Å². The molecule has 1 aromatic rings. The lowest BCUT2D eigenvalue weighted by Gasteiger charge is -2.24. The Morgan fingerprint density at radius 2 is 1.76 bits per heavy atom. The number of hydrogen-bond acceptors (Lipinski definition) is 3. The number of hydrogen-bond donors (Lipinski definition) is 0. The topological polar surface area (TPSA) is 46.6 Å². The Hall–Kier alpha value is -2.05. The van der Waals surface area contributed by atoms with Crippen molar-refractivity contribution in [2.45, 2.75) is 45.4 Å². The zero-order valence-electron chi connectivity index (χ0n) is 14.5. The van der Waals surface area contributed by atoms with Crippen molar-refractivity contribution in [2.24, 2.45) is 5.92 Å². The van der Waals surface area contributed by atoms with Crippen LogP contribution >= 0.6 is 0 Å². The maximum atomic E-state index is 12.5. The maximum Gasteiger partial charge on any atom is 0.416 e. The van der Waals surface area contributed by atoms with E-state index in [1.165, 1.54) is 17.0 Å². The molecule has 1 atom stereocenters. The number of ketones is 1. The van der Waals surface area contributed by atoms with Gasteiger partial charge in [-0.15, -0.1) is 0 Å². The lowest BCUT2D eigenvalue weighted by Crippen LogP contribution is -2.36. The minimum absolute atomic E-state index is 0.0605. The lowest BCUT2D eigenvalue weighted by atomic mass is 9.97. The normalized spacial score (nSPS) is 18.3. The Morgan fingerprint density at radius 1 is 1.16 bits per heavy atom. The highest BCUT2D eigenvalue weighted by Crippen LogP contribution is 2.29. The first kappa shape index (κ1) is 19.3. The molecule has 1 heterocycles. The van der Waals surface area contributed by atoms with Crippen molar-refractivity contribution in [1.82, 2.24) is 4.90 Å². The third kappa shape index (κ3) is 5.47. The van der Waals surface area contributed by atoms with Crippen LogP contribution < -0.4 is 0 Å². The predicted octanol–water partition coefficient (Wildman–Crippen LogP) is 4.07. The zero-order valence-corrected chi connectivity index (χ0v) is 14.5. The second kappa shape index (κ2) is 7.06. The summed E-state index contributed by atoms with van der Waals surface area (Å²) < 4.78 is 42.9. The molecular formula is C18H22F3NO3. The van der Waals surface area contributed by atoms with E-state index in [1.54, 1.807) is 20.8 Å². The van der Waals surface area contributed by atoms with Crippen LogP contribution in [-0.4, -0.2) is 35.5 Å². The van der Waals surface area contributed by atoms with E-state index < -0.39 is 23.4 Å². The van der Waals surface area contributed by atoms with Gasteiger partial charge in [0.15, 0.2) is 0 Å². The molecule has 1 aliphatic heterocycles. The highest BCUT2D eigenvalue weighted by atomic mass is 19.4. The van der Waals surface area contributed by atoms with Gasteiger partial charge in [0.1, 0.15) is 11.4 Å². The number of nitrogens with zero attached hydrogens (tertiary/aromatic N) is 1. The molecule has 0 aromatic heterocycles. The van der Waals surface area contributed by atoms with E-state index in [0.29, 0.717) is 18.5 Å². The Kier molecular flexibility index (Phi) is 5.44. The van der Waals surface area contributed by atoms with Crippen molar-refractivity contribution < 1.29 is 27.5 Å². The van der Waals surface area contributed by atoms with Crippen LogP contribution in [0, 0.1) is 5.92 Å². The number of ether oxygens (including phenoxy) is 1. The van der Waals surface area contributed by atoms with Gasteiger partial charge in [-0.2, -0.15) is 13.2 Å². The Labute approximate surface area is 144 Å². The summed E-state index contributed by atoms with van der Waals surface area (Å²) in [7, 11) is 0. The second-order valence-corrected chi connectivity index (χ2v) is 7.25. The van der Waals surface area contributed by atoms with Crippen LogP contribution in [0.15, 0.2) is 24.3 Å². The van der Waals surface area contributed by atoms with Gasteiger partial charge < -0.3 is 9.64 Å². The summed E-state index contributed by atoms with van der Waals surface area (Å²) in [6, 6.07) is 4.59. The van der Waals surface area contributed by atoms with E-state index in [4.69, 9.17) is 4.74 Å². The molecule has 0 N–H and O–H groups in total. The van der Waals surface area contributed by atoms with Crippen LogP contribution in [0.25, 0.3) is 0 Å². The number of carbonyl (C=O) groups excluding carboxylic acids is 2. The fourth-order valence-electron chi connectivity index (χ4n) is 2.67. The van der Waals surface area contributed by atoms with Gasteiger partial charge in [0.05, 0.1) is 5.56 Å². The summed E-state index contributed by atoms with van der Waals surface area (Å²) in [6.07, 6.45) is -4.23. The number of benzene rings is 1. The smallest absolute Gasteiger partial charge is 0.416 e. The average Bonchev–Trinajstić information content (AvgIpc) is 2.95. The molecule has 1 amide bonds. The highest BCUT2D eigenvalue weighted by Gasteiger charge is 2.33. The maximum absolute atomic E-state index is 12.5. The average molecular weight is 357 g/mol. The molecule has 0 saturated carbocycles. The first-order valence-electron chi connectivity index (χ1n) is 8.12. The minimum atomic E-state index is -4.39. The first-order valence-corrected chi connectivity index (χ1v) is 8.12. The number of carbonyl (C=O) groups is 2. The van der Waals surface area contributed by atoms with Gasteiger partial charge in [-0.05, 0) is 44.9 Å². The first-order chi connectivity index (χ1) is 11.5. The molecule has 25 heavy (non-hydrogen) atoms. The highest BCUT2D eigenvalue weighted by molar-refractivity contribution is 5.84. The third-order valence-corrected chi connectivity index (χ3v) is 3.95. The quantitative estimate of drug-likeness (QED) is 0.819. The summed E-state index contributed by atoms with van der Waals surface area (Å²) in [5, 5.41) is 0. The minimum Gasteiger partial charge on any atom is -0.444 e. The van der Waals surface area contributed by atoms with Gasteiger partial charge in [0.25, 0.3) is 0 Å². The fraction of sp³-hybridized carbons (Fsp3) is 0.556. The van der Waals surface area contributed by atoms with Crippen LogP contribution in [0.2, 0.25) is 0 Å². The summed E-state index contributed by atoms with van der Waals surface area (Å²) in [5.41, 5.74) is -0.797. The van der Waals surface area contributed by atoms with Crippen LogP contribution in [-0.2, 0) is 22.1 Å². The predicted molar refractivity (Wildman–Crippen MR) is 86.1 cm³/mol. The SMILES string of the molecule is CC(C)(C)OC(=O)N1CCC(C(=O)Cc2ccc(C(F)(F)F)cc2)C1. The third-order valence-electron chi connectivity index (χ3n) is 3.95. The largest absolute Gasteiger partial charge is 0.444 e. The second-order valence-electron chi connectivity index (χ2n) is 7.25. The molecule has 1 aromatic carbocycles. The van der Waals surface area contributed by atoms with Gasteiger partial charge in [-0.25, -0.2) is 4.79 Å². The van der Waals surface area contributed by atoms with Crippen molar-refractivity contribution in [3.8, 4) is 0 Å². The number of amides is 1. The van der Waals surface area contributed by atoms with E-state index >= 15 is 0 Å². The summed E-state index contributed by atoms with van der Waals surface area (Å²) >= 11 is 0. The summed E-state index contributed by atoms with van der Waals surface area (Å²) in [6.45, 7) is 6.04. The molecule has 0 radical (unpaired) electrons. The van der Waals surface area contributed by atoms with Crippen molar-refractivity contribution in [3.05, 3.63) is 35.4 Å². The standard InChI is InChI=1S/C18H22F3NO3/c1-17(2,3)25-16(24)22-9-8-13(11-22)15(23)10-12-4-6-14(7-5-12)18(19,20)21/h4-7,13H,8-11H2,1-3H3. The van der Waals surface area contributed by atoms with Gasteiger partial charge in [0, 0.05) is 25.4 Å². The molecule has 0 bridgehead atoms. The summed E-state index contributed by atoms with van der Waals surface area (Å²) in [5.74, 6) is -0.388. The van der Waals surface area contributed by atoms with E-state index in [1.807, 2.05) is 0 Å². The van der Waals surface area contributed by atoms with E-state index in [9.17, 15) is 22.8 Å². The molecule has 0 aliphatic carbocycles. The number of alkyl halides is 3. The van der Waals surface area contributed by atoms with E-state index in [0.717, 1.165) is 12.1 Å².